The molecule has 10 aromatic rings. The summed E-state index contributed by atoms with van der Waals surface area (Å²) >= 11 is 0. The third-order valence-corrected chi connectivity index (χ3v) is 10.2. The van der Waals surface area contributed by atoms with E-state index in [4.69, 9.17) is 0 Å². The SMILES string of the molecule is c1ccc2c(c1)ccc1ccccc1c1c2c2c3ccccc3ccc3ccccc3c2c2c3ccccc3ccc3ccccc3c12. The van der Waals surface area contributed by atoms with Crippen molar-refractivity contribution in [3.05, 3.63) is 182 Å². The highest BCUT2D eigenvalue weighted by molar-refractivity contribution is 6.46. The molecule has 0 saturated carbocycles. The normalized spacial score (nSPS) is 11.8. The van der Waals surface area contributed by atoms with Crippen molar-refractivity contribution < 1.29 is 0 Å². The van der Waals surface area contributed by atoms with Gasteiger partial charge in [-0.2, -0.15) is 0 Å². The molecule has 0 aliphatic rings. The fourth-order valence-electron chi connectivity index (χ4n) is 8.12. The van der Waals surface area contributed by atoms with Gasteiger partial charge in [0.2, 0.25) is 0 Å². The molecule has 0 N–H and O–H groups in total. The van der Waals surface area contributed by atoms with Gasteiger partial charge in [-0.15, -0.1) is 0 Å². The van der Waals surface area contributed by atoms with Crippen LogP contribution < -0.4 is 0 Å². The predicted octanol–water partition coefficient (Wildman–Crippen LogP) is 13.8. The maximum absolute atomic E-state index is 2.32. The lowest BCUT2D eigenvalue weighted by Gasteiger charge is -2.18. The van der Waals surface area contributed by atoms with Crippen molar-refractivity contribution in [1.29, 1.82) is 0 Å². The summed E-state index contributed by atoms with van der Waals surface area (Å²) in [6, 6.07) is 67.5. The molecule has 0 amide bonds. The third kappa shape index (κ3) is 3.96. The van der Waals surface area contributed by atoms with Gasteiger partial charge in [-0.05, 0) is 97.0 Å². The van der Waals surface area contributed by atoms with Crippen LogP contribution in [-0.4, -0.2) is 0 Å². The van der Waals surface area contributed by atoms with Crippen LogP contribution in [0, 0.1) is 0 Å². The van der Waals surface area contributed by atoms with Crippen LogP contribution in [0.5, 0.6) is 0 Å². The first-order chi connectivity index (χ1) is 23.8. The zero-order valence-electron chi connectivity index (χ0n) is 26.3. The van der Waals surface area contributed by atoms with E-state index in [1.165, 1.54) is 97.0 Å². The Morgan fingerprint density at radius 2 is 0.292 bits per heavy atom. The number of benzene rings is 7. The first-order valence-corrected chi connectivity index (χ1v) is 16.7. The number of rotatable bonds is 0. The molecule has 0 heterocycles. The van der Waals surface area contributed by atoms with Crippen molar-refractivity contribution >= 4 is 97.0 Å². The topological polar surface area (TPSA) is 0 Å². The zero-order valence-corrected chi connectivity index (χ0v) is 26.3. The Hall–Kier alpha value is -6.24. The molecule has 0 nitrogen and oxygen atoms in total. The molecule has 0 saturated heterocycles. The van der Waals surface area contributed by atoms with Gasteiger partial charge in [-0.3, -0.25) is 0 Å². The zero-order chi connectivity index (χ0) is 31.6. The fraction of sp³-hybridized carbons (Fsp3) is 0. The minimum absolute atomic E-state index is 1.22. The summed E-state index contributed by atoms with van der Waals surface area (Å²) in [5.41, 5.74) is 0. The Balaban J connectivity index is 1.82. The Kier molecular flexibility index (Phi) is 5.98. The van der Waals surface area contributed by atoms with Gasteiger partial charge in [0.05, 0.1) is 0 Å². The smallest absolute Gasteiger partial charge is 0.000741 e. The molecule has 10 rings (SSSR count). The van der Waals surface area contributed by atoms with Crippen LogP contribution in [0.4, 0.5) is 0 Å². The molecule has 0 aliphatic heterocycles. The third-order valence-electron chi connectivity index (χ3n) is 10.2. The molecule has 222 valence electrons. The standard InChI is InChI=1S/C48H30/c1-7-19-37-31(13-1)25-26-32-14-2-8-20-38(32)44-43(37)45-39-21-9-3-15-33(39)27-28-34-16-5-11-23-41(34)47(45)48-42-24-12-6-18-36(42)30-29-35-17-4-10-22-40(35)46(44)48/h1-30H. The van der Waals surface area contributed by atoms with Crippen molar-refractivity contribution in [2.24, 2.45) is 0 Å². The maximum Gasteiger partial charge on any atom is -0.000741 e. The molecular weight excluding hydrogens is 577 g/mol. The van der Waals surface area contributed by atoms with E-state index in [9.17, 15) is 0 Å². The molecule has 0 aromatic heterocycles. The van der Waals surface area contributed by atoms with Gasteiger partial charge in [-0.25, -0.2) is 0 Å². The van der Waals surface area contributed by atoms with Crippen LogP contribution >= 0.6 is 0 Å². The van der Waals surface area contributed by atoms with Crippen LogP contribution in [0.25, 0.3) is 97.0 Å². The lowest BCUT2D eigenvalue weighted by Crippen LogP contribution is -1.89. The van der Waals surface area contributed by atoms with Crippen LogP contribution in [0.1, 0.15) is 0 Å². The average Bonchev–Trinajstić information content (AvgIpc) is 3.13. The molecule has 0 spiro atoms. The van der Waals surface area contributed by atoms with Crippen molar-refractivity contribution in [2.45, 2.75) is 0 Å². The van der Waals surface area contributed by atoms with E-state index in [1.807, 2.05) is 0 Å². The number of fused-ring (bicyclic) bond motifs is 18. The largest absolute Gasteiger partial charge is 0.0616 e. The summed E-state index contributed by atoms with van der Waals surface area (Å²) in [4.78, 5) is 0. The Morgan fingerprint density at radius 3 is 0.458 bits per heavy atom. The molecule has 0 radical (unpaired) electrons. The Morgan fingerprint density at radius 1 is 0.146 bits per heavy atom. The number of hydrogen-bond donors (Lipinski definition) is 0. The van der Waals surface area contributed by atoms with Gasteiger partial charge in [0.1, 0.15) is 0 Å². The van der Waals surface area contributed by atoms with Gasteiger partial charge in [0, 0.05) is 0 Å². The van der Waals surface area contributed by atoms with Gasteiger partial charge in [0.15, 0.2) is 0 Å². The van der Waals surface area contributed by atoms with Crippen LogP contribution in [0.2, 0.25) is 0 Å². The van der Waals surface area contributed by atoms with Crippen LogP contribution in [-0.2, 0) is 0 Å². The van der Waals surface area contributed by atoms with Crippen molar-refractivity contribution in [3.8, 4) is 0 Å². The molecule has 10 aromatic carbocycles. The monoisotopic (exact) mass is 606 g/mol. The molecule has 0 heteroatoms. The van der Waals surface area contributed by atoms with Gasteiger partial charge >= 0.3 is 0 Å². The predicted molar refractivity (Wildman–Crippen MR) is 210 cm³/mol. The minimum Gasteiger partial charge on any atom is -0.0616 e. The quantitative estimate of drug-likeness (QED) is 0.161. The molecule has 0 bridgehead atoms. The lowest BCUT2D eigenvalue weighted by atomic mass is 9.85. The van der Waals surface area contributed by atoms with E-state index >= 15 is 0 Å². The first kappa shape index (κ1) is 26.9. The van der Waals surface area contributed by atoms with E-state index in [1.54, 1.807) is 0 Å². The molecule has 0 atom stereocenters. The molecule has 0 aliphatic carbocycles. The molecule has 0 unspecified atom stereocenters. The van der Waals surface area contributed by atoms with Crippen LogP contribution in [0.3, 0.4) is 0 Å². The second-order valence-electron chi connectivity index (χ2n) is 12.8. The van der Waals surface area contributed by atoms with Crippen molar-refractivity contribution in [3.63, 3.8) is 0 Å². The van der Waals surface area contributed by atoms with Crippen molar-refractivity contribution in [1.82, 2.24) is 0 Å². The summed E-state index contributed by atoms with van der Waals surface area (Å²) in [5, 5.41) is 22.5. The average molecular weight is 607 g/mol. The highest BCUT2D eigenvalue weighted by atomic mass is 14.2. The summed E-state index contributed by atoms with van der Waals surface area (Å²) in [7, 11) is 0. The molecule has 0 fully saturated rings. The fourth-order valence-corrected chi connectivity index (χ4v) is 8.12. The lowest BCUT2D eigenvalue weighted by molar-refractivity contribution is 1.78. The maximum atomic E-state index is 2.32. The summed E-state index contributed by atoms with van der Waals surface area (Å²) in [5.74, 6) is 0. The molecule has 48 heavy (non-hydrogen) atoms. The second kappa shape index (κ2) is 10.7. The molecular formula is C48H30. The minimum atomic E-state index is 1.22. The Bertz CT molecular complexity index is 2490. The Labute approximate surface area is 278 Å². The van der Waals surface area contributed by atoms with Crippen molar-refractivity contribution in [2.75, 3.05) is 0 Å². The summed E-state index contributed by atoms with van der Waals surface area (Å²) in [6.07, 6.45) is 0. The van der Waals surface area contributed by atoms with E-state index in [2.05, 4.69) is 182 Å². The van der Waals surface area contributed by atoms with E-state index in [0.29, 0.717) is 0 Å². The summed E-state index contributed by atoms with van der Waals surface area (Å²) < 4.78 is 0. The highest BCUT2D eigenvalue weighted by Gasteiger charge is 2.18. The first-order valence-electron chi connectivity index (χ1n) is 16.7. The van der Waals surface area contributed by atoms with Crippen LogP contribution in [0.15, 0.2) is 182 Å². The summed E-state index contributed by atoms with van der Waals surface area (Å²) in [6.45, 7) is 0. The van der Waals surface area contributed by atoms with E-state index in [0.717, 1.165) is 0 Å². The second-order valence-corrected chi connectivity index (χ2v) is 12.8. The van der Waals surface area contributed by atoms with E-state index in [-0.39, 0.29) is 0 Å². The number of hydrogen-bond acceptors (Lipinski definition) is 0. The van der Waals surface area contributed by atoms with Gasteiger partial charge < -0.3 is 0 Å². The van der Waals surface area contributed by atoms with Gasteiger partial charge in [-0.1, -0.05) is 182 Å². The van der Waals surface area contributed by atoms with E-state index < -0.39 is 0 Å². The highest BCUT2D eigenvalue weighted by Crippen LogP contribution is 2.47. The van der Waals surface area contributed by atoms with Gasteiger partial charge in [0.25, 0.3) is 0 Å².